The molecule has 3 aliphatic rings. The Labute approximate surface area is 133 Å². The van der Waals surface area contributed by atoms with Gasteiger partial charge in [0.05, 0.1) is 12.5 Å². The molecule has 1 amide bonds. The van der Waals surface area contributed by atoms with E-state index in [9.17, 15) is 4.79 Å². The second kappa shape index (κ2) is 8.27. The quantitative estimate of drug-likeness (QED) is 0.853. The van der Waals surface area contributed by atoms with Crippen molar-refractivity contribution in [3.8, 4) is 0 Å². The molecule has 5 nitrogen and oxygen atoms in total. The fraction of sp³-hybridized carbons (Fsp3) is 0.941. The lowest BCUT2D eigenvalue weighted by molar-refractivity contribution is -0.128. The zero-order valence-corrected chi connectivity index (χ0v) is 13.6. The van der Waals surface area contributed by atoms with Crippen molar-refractivity contribution in [2.75, 3.05) is 46.1 Å². The highest BCUT2D eigenvalue weighted by atomic mass is 16.5. The minimum Gasteiger partial charge on any atom is -0.381 e. The molecule has 3 rings (SSSR count). The average molecular weight is 310 g/mol. The first-order valence-corrected chi connectivity index (χ1v) is 8.99. The monoisotopic (exact) mass is 310 g/mol. The number of likely N-dealkylation sites (tertiary alicyclic amines) is 1. The van der Waals surface area contributed by atoms with E-state index in [2.05, 4.69) is 10.2 Å². The first-order valence-electron chi connectivity index (χ1n) is 8.99. The number of carbonyl (C=O) groups is 1. The van der Waals surface area contributed by atoms with Crippen molar-refractivity contribution in [3.05, 3.63) is 0 Å². The molecule has 2 atom stereocenters. The molecule has 22 heavy (non-hydrogen) atoms. The molecule has 0 bridgehead atoms. The first kappa shape index (κ1) is 16.2. The van der Waals surface area contributed by atoms with Gasteiger partial charge < -0.3 is 19.7 Å². The van der Waals surface area contributed by atoms with E-state index in [4.69, 9.17) is 9.47 Å². The lowest BCUT2D eigenvalue weighted by atomic mass is 9.94. The van der Waals surface area contributed by atoms with Gasteiger partial charge in [0.2, 0.25) is 5.91 Å². The molecule has 126 valence electrons. The van der Waals surface area contributed by atoms with Crippen LogP contribution in [0.1, 0.15) is 38.5 Å². The molecule has 5 heteroatoms. The van der Waals surface area contributed by atoms with E-state index >= 15 is 0 Å². The zero-order chi connectivity index (χ0) is 15.2. The second-order valence-electron chi connectivity index (χ2n) is 7.08. The van der Waals surface area contributed by atoms with Crippen LogP contribution in [0.25, 0.3) is 0 Å². The maximum atomic E-state index is 12.5. The van der Waals surface area contributed by atoms with Crippen LogP contribution in [-0.4, -0.2) is 62.9 Å². The Morgan fingerprint density at radius 3 is 2.68 bits per heavy atom. The Hall–Kier alpha value is -0.650. The lowest BCUT2D eigenvalue weighted by Crippen LogP contribution is -2.48. The topological polar surface area (TPSA) is 50.8 Å². The molecule has 1 N–H and O–H groups in total. The van der Waals surface area contributed by atoms with Crippen LogP contribution in [-0.2, 0) is 14.3 Å². The fourth-order valence-electron chi connectivity index (χ4n) is 3.91. The van der Waals surface area contributed by atoms with Gasteiger partial charge in [0, 0.05) is 39.0 Å². The number of nitrogens with one attached hydrogen (secondary N) is 1. The summed E-state index contributed by atoms with van der Waals surface area (Å²) in [5.74, 6) is 1.09. The summed E-state index contributed by atoms with van der Waals surface area (Å²) < 4.78 is 10.9. The van der Waals surface area contributed by atoms with Crippen LogP contribution < -0.4 is 5.32 Å². The van der Waals surface area contributed by atoms with Crippen molar-refractivity contribution in [1.29, 1.82) is 0 Å². The fourth-order valence-corrected chi connectivity index (χ4v) is 3.91. The number of hydrogen-bond donors (Lipinski definition) is 1. The van der Waals surface area contributed by atoms with E-state index < -0.39 is 0 Å². The van der Waals surface area contributed by atoms with Crippen LogP contribution in [0.5, 0.6) is 0 Å². The van der Waals surface area contributed by atoms with E-state index in [0.717, 1.165) is 71.7 Å². The van der Waals surface area contributed by atoms with Gasteiger partial charge in [-0.2, -0.15) is 0 Å². The second-order valence-corrected chi connectivity index (χ2v) is 7.08. The summed E-state index contributed by atoms with van der Waals surface area (Å²) in [6.45, 7) is 6.54. The summed E-state index contributed by atoms with van der Waals surface area (Å²) in [4.78, 5) is 15.0. The molecule has 0 radical (unpaired) electrons. The van der Waals surface area contributed by atoms with Crippen LogP contribution in [0.2, 0.25) is 0 Å². The lowest BCUT2D eigenvalue weighted by Gasteiger charge is -2.36. The van der Waals surface area contributed by atoms with Crippen molar-refractivity contribution >= 4 is 5.91 Å². The average Bonchev–Trinajstić information content (AvgIpc) is 2.57. The molecule has 0 aromatic rings. The highest BCUT2D eigenvalue weighted by Gasteiger charge is 2.29. The number of piperidine rings is 1. The number of carbonyl (C=O) groups excluding carboxylic acids is 1. The Morgan fingerprint density at radius 2 is 1.91 bits per heavy atom. The standard InChI is InChI=1S/C17H30N2O3/c20-17(18-16-5-9-21-10-6-16)15-4-1-7-19(12-15)11-14-3-2-8-22-13-14/h14-16H,1-13H2,(H,18,20). The van der Waals surface area contributed by atoms with Crippen LogP contribution in [0.3, 0.4) is 0 Å². The van der Waals surface area contributed by atoms with Crippen LogP contribution in [0.15, 0.2) is 0 Å². The van der Waals surface area contributed by atoms with Crippen molar-refractivity contribution < 1.29 is 14.3 Å². The summed E-state index contributed by atoms with van der Waals surface area (Å²) in [7, 11) is 0. The SMILES string of the molecule is O=C(NC1CCOCC1)C1CCCN(CC2CCCOC2)C1. The van der Waals surface area contributed by atoms with Gasteiger partial charge in [-0.05, 0) is 51.0 Å². The van der Waals surface area contributed by atoms with Gasteiger partial charge in [-0.25, -0.2) is 0 Å². The molecular weight excluding hydrogens is 280 g/mol. The van der Waals surface area contributed by atoms with Gasteiger partial charge in [-0.3, -0.25) is 4.79 Å². The number of nitrogens with zero attached hydrogens (tertiary/aromatic N) is 1. The van der Waals surface area contributed by atoms with Gasteiger partial charge in [0.1, 0.15) is 0 Å². The summed E-state index contributed by atoms with van der Waals surface area (Å²) in [6.07, 6.45) is 6.55. The summed E-state index contributed by atoms with van der Waals surface area (Å²) in [5.41, 5.74) is 0. The molecule has 3 saturated heterocycles. The highest BCUT2D eigenvalue weighted by molar-refractivity contribution is 5.79. The molecule has 3 heterocycles. The van der Waals surface area contributed by atoms with Crippen molar-refractivity contribution in [1.82, 2.24) is 10.2 Å². The third-order valence-corrected chi connectivity index (χ3v) is 5.21. The van der Waals surface area contributed by atoms with Crippen molar-refractivity contribution in [2.24, 2.45) is 11.8 Å². The first-order chi connectivity index (χ1) is 10.8. The third-order valence-electron chi connectivity index (χ3n) is 5.21. The van der Waals surface area contributed by atoms with E-state index in [1.165, 1.54) is 12.8 Å². The summed E-state index contributed by atoms with van der Waals surface area (Å²) >= 11 is 0. The predicted octanol–water partition coefficient (Wildman–Crippen LogP) is 1.42. The molecular formula is C17H30N2O3. The Kier molecular flexibility index (Phi) is 6.10. The Bertz CT molecular complexity index is 352. The molecule has 3 aliphatic heterocycles. The smallest absolute Gasteiger partial charge is 0.224 e. The Morgan fingerprint density at radius 1 is 1.05 bits per heavy atom. The van der Waals surface area contributed by atoms with E-state index in [0.29, 0.717) is 12.0 Å². The number of rotatable bonds is 4. The van der Waals surface area contributed by atoms with Crippen molar-refractivity contribution in [2.45, 2.75) is 44.6 Å². The molecule has 3 fully saturated rings. The van der Waals surface area contributed by atoms with Crippen LogP contribution in [0, 0.1) is 11.8 Å². The van der Waals surface area contributed by atoms with Crippen molar-refractivity contribution in [3.63, 3.8) is 0 Å². The van der Waals surface area contributed by atoms with Crippen LogP contribution >= 0.6 is 0 Å². The van der Waals surface area contributed by atoms with Gasteiger partial charge in [0.15, 0.2) is 0 Å². The molecule has 0 aromatic heterocycles. The highest BCUT2D eigenvalue weighted by Crippen LogP contribution is 2.21. The minimum atomic E-state index is 0.168. The van der Waals surface area contributed by atoms with Crippen LogP contribution in [0.4, 0.5) is 0 Å². The molecule has 0 aromatic carbocycles. The predicted molar refractivity (Wildman–Crippen MR) is 84.7 cm³/mol. The van der Waals surface area contributed by atoms with E-state index in [1.807, 2.05) is 0 Å². The zero-order valence-electron chi connectivity index (χ0n) is 13.6. The van der Waals surface area contributed by atoms with Gasteiger partial charge in [-0.15, -0.1) is 0 Å². The number of hydrogen-bond acceptors (Lipinski definition) is 4. The van der Waals surface area contributed by atoms with Gasteiger partial charge in [-0.1, -0.05) is 0 Å². The van der Waals surface area contributed by atoms with Gasteiger partial charge in [0.25, 0.3) is 0 Å². The maximum Gasteiger partial charge on any atom is 0.224 e. The maximum absolute atomic E-state index is 12.5. The van der Waals surface area contributed by atoms with E-state index in [-0.39, 0.29) is 11.8 Å². The minimum absolute atomic E-state index is 0.168. The molecule has 0 aliphatic carbocycles. The molecule has 2 unspecified atom stereocenters. The third kappa shape index (κ3) is 4.67. The normalized spacial score (nSPS) is 31.8. The Balaban J connectivity index is 1.43. The molecule has 0 spiro atoms. The molecule has 0 saturated carbocycles. The number of amides is 1. The largest absolute Gasteiger partial charge is 0.381 e. The summed E-state index contributed by atoms with van der Waals surface area (Å²) in [5, 5.41) is 3.24. The number of ether oxygens (including phenoxy) is 2. The van der Waals surface area contributed by atoms with Gasteiger partial charge >= 0.3 is 0 Å². The summed E-state index contributed by atoms with van der Waals surface area (Å²) in [6, 6.07) is 0.323. The van der Waals surface area contributed by atoms with E-state index in [1.54, 1.807) is 0 Å².